The van der Waals surface area contributed by atoms with Crippen LogP contribution in [-0.4, -0.2) is 5.91 Å². The SMILES string of the molecule is C[C@@H](NC(=O)CC#N)c1cccs1. The van der Waals surface area contributed by atoms with Gasteiger partial charge in [0, 0.05) is 4.88 Å². The van der Waals surface area contributed by atoms with Gasteiger partial charge in [-0.3, -0.25) is 4.79 Å². The van der Waals surface area contributed by atoms with Gasteiger partial charge in [-0.25, -0.2) is 0 Å². The van der Waals surface area contributed by atoms with Crippen LogP contribution < -0.4 is 5.32 Å². The van der Waals surface area contributed by atoms with E-state index in [9.17, 15) is 4.79 Å². The number of hydrogen-bond donors (Lipinski definition) is 1. The normalized spacial score (nSPS) is 11.7. The van der Waals surface area contributed by atoms with Crippen LogP contribution in [0.15, 0.2) is 17.5 Å². The van der Waals surface area contributed by atoms with E-state index in [0.717, 1.165) is 4.88 Å². The van der Waals surface area contributed by atoms with Gasteiger partial charge in [-0.15, -0.1) is 11.3 Å². The van der Waals surface area contributed by atoms with E-state index in [1.807, 2.05) is 30.5 Å². The Morgan fingerprint density at radius 1 is 1.85 bits per heavy atom. The van der Waals surface area contributed by atoms with E-state index in [1.54, 1.807) is 11.3 Å². The third kappa shape index (κ3) is 2.88. The molecule has 1 heterocycles. The molecule has 0 aliphatic rings. The number of rotatable bonds is 3. The topological polar surface area (TPSA) is 52.9 Å². The molecule has 0 radical (unpaired) electrons. The Labute approximate surface area is 81.0 Å². The van der Waals surface area contributed by atoms with Gasteiger partial charge in [0.25, 0.3) is 0 Å². The summed E-state index contributed by atoms with van der Waals surface area (Å²) >= 11 is 1.59. The second-order valence-electron chi connectivity index (χ2n) is 2.64. The van der Waals surface area contributed by atoms with Gasteiger partial charge in [0.1, 0.15) is 6.42 Å². The third-order valence-electron chi connectivity index (χ3n) is 1.59. The highest BCUT2D eigenvalue weighted by Gasteiger charge is 2.08. The van der Waals surface area contributed by atoms with Gasteiger partial charge >= 0.3 is 0 Å². The molecular weight excluding hydrogens is 184 g/mol. The molecule has 1 aromatic rings. The van der Waals surface area contributed by atoms with E-state index in [2.05, 4.69) is 5.32 Å². The van der Waals surface area contributed by atoms with Gasteiger partial charge in [-0.1, -0.05) is 6.07 Å². The molecule has 1 amide bonds. The summed E-state index contributed by atoms with van der Waals surface area (Å²) in [7, 11) is 0. The minimum atomic E-state index is -0.219. The molecule has 4 heteroatoms. The third-order valence-corrected chi connectivity index (χ3v) is 2.64. The maximum Gasteiger partial charge on any atom is 0.234 e. The molecule has 3 nitrogen and oxygen atoms in total. The van der Waals surface area contributed by atoms with Gasteiger partial charge in [-0.2, -0.15) is 5.26 Å². The van der Waals surface area contributed by atoms with Crippen LogP contribution in [0.4, 0.5) is 0 Å². The zero-order valence-corrected chi connectivity index (χ0v) is 8.10. The van der Waals surface area contributed by atoms with Gasteiger partial charge in [0.15, 0.2) is 0 Å². The fourth-order valence-electron chi connectivity index (χ4n) is 0.973. The first-order valence-electron chi connectivity index (χ1n) is 3.93. The number of nitriles is 1. The number of hydrogen-bond acceptors (Lipinski definition) is 3. The molecule has 0 fully saturated rings. The van der Waals surface area contributed by atoms with Gasteiger partial charge < -0.3 is 5.32 Å². The lowest BCUT2D eigenvalue weighted by atomic mass is 10.2. The summed E-state index contributed by atoms with van der Waals surface area (Å²) in [6.07, 6.45) is -0.0737. The van der Waals surface area contributed by atoms with Gasteiger partial charge in [0.2, 0.25) is 5.91 Å². The lowest BCUT2D eigenvalue weighted by Crippen LogP contribution is -2.25. The molecule has 13 heavy (non-hydrogen) atoms. The lowest BCUT2D eigenvalue weighted by molar-refractivity contribution is -0.120. The van der Waals surface area contributed by atoms with Crippen LogP contribution in [0.1, 0.15) is 24.3 Å². The summed E-state index contributed by atoms with van der Waals surface area (Å²) in [5, 5.41) is 13.0. The average Bonchev–Trinajstić information content (AvgIpc) is 2.55. The zero-order valence-electron chi connectivity index (χ0n) is 7.28. The quantitative estimate of drug-likeness (QED) is 0.798. The molecule has 68 valence electrons. The molecule has 1 N–H and O–H groups in total. The Hall–Kier alpha value is -1.34. The van der Waals surface area contributed by atoms with E-state index in [0.29, 0.717) is 0 Å². The van der Waals surface area contributed by atoms with Crippen LogP contribution in [-0.2, 0) is 4.79 Å². The first-order chi connectivity index (χ1) is 6.24. The number of nitrogens with zero attached hydrogens (tertiary/aromatic N) is 1. The van der Waals surface area contributed by atoms with Crippen molar-refractivity contribution < 1.29 is 4.79 Å². The summed E-state index contributed by atoms with van der Waals surface area (Å²) in [5.74, 6) is -0.219. The van der Waals surface area contributed by atoms with Crippen LogP contribution >= 0.6 is 11.3 Å². The number of carbonyl (C=O) groups excluding carboxylic acids is 1. The van der Waals surface area contributed by atoms with Crippen molar-refractivity contribution in [3.05, 3.63) is 22.4 Å². The molecule has 1 aromatic heterocycles. The zero-order chi connectivity index (χ0) is 9.68. The van der Waals surface area contributed by atoms with Crippen LogP contribution in [0, 0.1) is 11.3 Å². The van der Waals surface area contributed by atoms with Crippen molar-refractivity contribution in [2.24, 2.45) is 0 Å². The molecular formula is C9H10N2OS. The predicted molar refractivity (Wildman–Crippen MR) is 51.1 cm³/mol. The first kappa shape index (κ1) is 9.75. The highest BCUT2D eigenvalue weighted by atomic mass is 32.1. The van der Waals surface area contributed by atoms with Crippen molar-refractivity contribution in [3.63, 3.8) is 0 Å². The molecule has 0 aliphatic carbocycles. The molecule has 0 bridgehead atoms. The molecule has 0 saturated heterocycles. The van der Waals surface area contributed by atoms with Crippen molar-refractivity contribution in [1.82, 2.24) is 5.32 Å². The Morgan fingerprint density at radius 3 is 3.15 bits per heavy atom. The summed E-state index contributed by atoms with van der Waals surface area (Å²) in [5.41, 5.74) is 0. The standard InChI is InChI=1S/C9H10N2OS/c1-7(8-3-2-6-13-8)11-9(12)4-5-10/h2-3,6-7H,4H2,1H3,(H,11,12)/t7-/m1/s1. The Morgan fingerprint density at radius 2 is 2.62 bits per heavy atom. The molecule has 1 rings (SSSR count). The summed E-state index contributed by atoms with van der Waals surface area (Å²) in [6.45, 7) is 1.90. The Balaban J connectivity index is 2.47. The lowest BCUT2D eigenvalue weighted by Gasteiger charge is -2.09. The smallest absolute Gasteiger partial charge is 0.234 e. The molecule has 0 spiro atoms. The monoisotopic (exact) mass is 194 g/mol. The van der Waals surface area contributed by atoms with Crippen molar-refractivity contribution in [2.45, 2.75) is 19.4 Å². The van der Waals surface area contributed by atoms with Crippen molar-refractivity contribution in [2.75, 3.05) is 0 Å². The number of thiophene rings is 1. The molecule has 0 saturated carbocycles. The molecule has 0 aromatic carbocycles. The average molecular weight is 194 g/mol. The van der Waals surface area contributed by atoms with Crippen LogP contribution in [0.5, 0.6) is 0 Å². The molecule has 0 aliphatic heterocycles. The molecule has 0 unspecified atom stereocenters. The van der Waals surface area contributed by atoms with Gasteiger partial charge in [-0.05, 0) is 18.4 Å². The van der Waals surface area contributed by atoms with Crippen LogP contribution in [0.3, 0.4) is 0 Å². The maximum absolute atomic E-state index is 11.0. The van der Waals surface area contributed by atoms with Crippen LogP contribution in [0.2, 0.25) is 0 Å². The van der Waals surface area contributed by atoms with Crippen LogP contribution in [0.25, 0.3) is 0 Å². The first-order valence-corrected chi connectivity index (χ1v) is 4.81. The van der Waals surface area contributed by atoms with E-state index in [4.69, 9.17) is 5.26 Å². The number of amides is 1. The van der Waals surface area contributed by atoms with Gasteiger partial charge in [0.05, 0.1) is 12.1 Å². The summed E-state index contributed by atoms with van der Waals surface area (Å²) < 4.78 is 0. The number of carbonyl (C=O) groups is 1. The molecule has 1 atom stereocenters. The van der Waals surface area contributed by atoms with E-state index in [-0.39, 0.29) is 18.4 Å². The Bertz CT molecular complexity index is 313. The van der Waals surface area contributed by atoms with E-state index >= 15 is 0 Å². The largest absolute Gasteiger partial charge is 0.348 e. The highest BCUT2D eigenvalue weighted by Crippen LogP contribution is 2.17. The number of nitrogens with one attached hydrogen (secondary N) is 1. The van der Waals surface area contributed by atoms with E-state index < -0.39 is 0 Å². The predicted octanol–water partition coefficient (Wildman–Crippen LogP) is 1.84. The highest BCUT2D eigenvalue weighted by molar-refractivity contribution is 7.10. The fraction of sp³-hybridized carbons (Fsp3) is 0.333. The van der Waals surface area contributed by atoms with Crippen molar-refractivity contribution in [3.8, 4) is 6.07 Å². The summed E-state index contributed by atoms with van der Waals surface area (Å²) in [4.78, 5) is 12.1. The second-order valence-corrected chi connectivity index (χ2v) is 3.62. The minimum absolute atomic E-state index is 0.000787. The maximum atomic E-state index is 11.0. The minimum Gasteiger partial charge on any atom is -0.348 e. The summed E-state index contributed by atoms with van der Waals surface area (Å²) in [6, 6.07) is 5.71. The van der Waals surface area contributed by atoms with E-state index in [1.165, 1.54) is 0 Å². The van der Waals surface area contributed by atoms with Crippen molar-refractivity contribution in [1.29, 1.82) is 5.26 Å². The fourth-order valence-corrected chi connectivity index (χ4v) is 1.71. The Kier molecular flexibility index (Phi) is 3.47. The van der Waals surface area contributed by atoms with Crippen molar-refractivity contribution >= 4 is 17.2 Å². The second kappa shape index (κ2) is 4.63.